The normalized spacial score (nSPS) is 18.3. The van der Waals surface area contributed by atoms with Crippen LogP contribution < -0.4 is 0 Å². The van der Waals surface area contributed by atoms with Crippen molar-refractivity contribution in [3.05, 3.63) is 47.0 Å². The number of aryl methyl sites for hydroxylation is 1. The molecule has 0 radical (unpaired) electrons. The molecule has 100 valence electrons. The van der Waals surface area contributed by atoms with E-state index in [2.05, 4.69) is 46.0 Å². The topological polar surface area (TPSA) is 50.9 Å². The van der Waals surface area contributed by atoms with E-state index in [0.29, 0.717) is 11.7 Å². The predicted molar refractivity (Wildman–Crippen MR) is 72.8 cm³/mol. The van der Waals surface area contributed by atoms with Crippen LogP contribution in [0, 0.1) is 0 Å². The number of fused-ring (bicyclic) bond motifs is 1. The first kappa shape index (κ1) is 12.4. The van der Waals surface area contributed by atoms with Gasteiger partial charge in [-0.3, -0.25) is 0 Å². The van der Waals surface area contributed by atoms with Crippen LogP contribution in [0.25, 0.3) is 0 Å². The largest absolute Gasteiger partial charge is 0.388 e. The average Bonchev–Trinajstić information content (AvgIpc) is 2.89. The fourth-order valence-electron chi connectivity index (χ4n) is 3.03. The molecule has 3 rings (SSSR count). The van der Waals surface area contributed by atoms with Crippen LogP contribution in [0.5, 0.6) is 0 Å². The smallest absolute Gasteiger partial charge is 0.158 e. The molecule has 0 spiro atoms. The van der Waals surface area contributed by atoms with E-state index in [4.69, 9.17) is 0 Å². The van der Waals surface area contributed by atoms with Crippen molar-refractivity contribution in [2.24, 2.45) is 0 Å². The quantitative estimate of drug-likeness (QED) is 0.915. The summed E-state index contributed by atoms with van der Waals surface area (Å²) < 4.78 is 2.05. The molecule has 0 saturated carbocycles. The van der Waals surface area contributed by atoms with Crippen molar-refractivity contribution in [2.45, 2.75) is 45.3 Å². The third-order valence-electron chi connectivity index (χ3n) is 4.03. The lowest BCUT2D eigenvalue weighted by Crippen LogP contribution is -2.17. The number of aliphatic hydroxyl groups is 1. The van der Waals surface area contributed by atoms with E-state index in [1.54, 1.807) is 0 Å². The molecule has 0 amide bonds. The summed E-state index contributed by atoms with van der Waals surface area (Å²) in [5, 5.41) is 17.7. The number of rotatable bonds is 3. The minimum Gasteiger partial charge on any atom is -0.388 e. The molecule has 0 saturated heterocycles. The molecule has 4 nitrogen and oxygen atoms in total. The molecule has 1 atom stereocenters. The molecule has 0 fully saturated rings. The Balaban J connectivity index is 1.91. The van der Waals surface area contributed by atoms with Crippen LogP contribution in [0.15, 0.2) is 24.3 Å². The molecule has 0 aliphatic heterocycles. The van der Waals surface area contributed by atoms with Gasteiger partial charge in [-0.05, 0) is 37.3 Å². The molecule has 19 heavy (non-hydrogen) atoms. The maximum absolute atomic E-state index is 9.30. The van der Waals surface area contributed by atoms with Gasteiger partial charge in [0.25, 0.3) is 0 Å². The van der Waals surface area contributed by atoms with Gasteiger partial charge in [-0.2, -0.15) is 0 Å². The van der Waals surface area contributed by atoms with Crippen LogP contribution in [-0.2, 0) is 26.0 Å². The van der Waals surface area contributed by atoms with Gasteiger partial charge in [0.1, 0.15) is 12.4 Å². The van der Waals surface area contributed by atoms with E-state index in [1.807, 2.05) is 0 Å². The first-order valence-electron chi connectivity index (χ1n) is 6.93. The first-order chi connectivity index (χ1) is 9.33. The molecule has 1 aliphatic carbocycles. The Hall–Kier alpha value is -1.68. The summed E-state index contributed by atoms with van der Waals surface area (Å²) in [6.07, 6.45) is 3.24. The van der Waals surface area contributed by atoms with Crippen LogP contribution in [0.3, 0.4) is 0 Å². The monoisotopic (exact) mass is 257 g/mol. The number of benzene rings is 1. The van der Waals surface area contributed by atoms with E-state index in [1.165, 1.54) is 11.1 Å². The van der Waals surface area contributed by atoms with E-state index in [0.717, 1.165) is 31.6 Å². The highest BCUT2D eigenvalue weighted by molar-refractivity contribution is 5.31. The SMILES string of the molecule is CCn1c(CO)nnc1C1CCc2ccccc2C1. The second-order valence-electron chi connectivity index (χ2n) is 5.09. The highest BCUT2D eigenvalue weighted by Gasteiger charge is 2.25. The van der Waals surface area contributed by atoms with Crippen molar-refractivity contribution < 1.29 is 5.11 Å². The first-order valence-corrected chi connectivity index (χ1v) is 6.93. The fourth-order valence-corrected chi connectivity index (χ4v) is 3.03. The molecular weight excluding hydrogens is 238 g/mol. The van der Waals surface area contributed by atoms with Gasteiger partial charge >= 0.3 is 0 Å². The standard InChI is InChI=1S/C15H19N3O/c1-2-18-14(10-19)16-17-15(18)13-8-7-11-5-3-4-6-12(11)9-13/h3-6,13,19H,2,7-10H2,1H3. The van der Waals surface area contributed by atoms with Crippen molar-refractivity contribution in [3.8, 4) is 0 Å². The minimum absolute atomic E-state index is 0.0376. The summed E-state index contributed by atoms with van der Waals surface area (Å²) in [4.78, 5) is 0. The van der Waals surface area contributed by atoms with Gasteiger partial charge in [-0.1, -0.05) is 24.3 Å². The average molecular weight is 257 g/mol. The Labute approximate surface area is 113 Å². The van der Waals surface area contributed by atoms with Gasteiger partial charge < -0.3 is 9.67 Å². The number of hydrogen-bond donors (Lipinski definition) is 1. The summed E-state index contributed by atoms with van der Waals surface area (Å²) in [5.41, 5.74) is 2.89. The highest BCUT2D eigenvalue weighted by atomic mass is 16.3. The summed E-state index contributed by atoms with van der Waals surface area (Å²) in [6, 6.07) is 8.64. The third-order valence-corrected chi connectivity index (χ3v) is 4.03. The lowest BCUT2D eigenvalue weighted by Gasteiger charge is -2.24. The Morgan fingerprint density at radius 3 is 2.79 bits per heavy atom. The molecule has 1 heterocycles. The molecule has 1 aromatic heterocycles. The lowest BCUT2D eigenvalue weighted by molar-refractivity contribution is 0.264. The number of aromatic nitrogens is 3. The summed E-state index contributed by atoms with van der Waals surface area (Å²) in [6.45, 7) is 2.85. The zero-order valence-corrected chi connectivity index (χ0v) is 11.2. The lowest BCUT2D eigenvalue weighted by atomic mass is 9.83. The molecule has 2 aromatic rings. The van der Waals surface area contributed by atoms with Crippen molar-refractivity contribution in [3.63, 3.8) is 0 Å². The van der Waals surface area contributed by atoms with Crippen LogP contribution in [0.2, 0.25) is 0 Å². The van der Waals surface area contributed by atoms with Crippen molar-refractivity contribution in [2.75, 3.05) is 0 Å². The molecule has 1 aromatic carbocycles. The van der Waals surface area contributed by atoms with E-state index >= 15 is 0 Å². The fraction of sp³-hybridized carbons (Fsp3) is 0.467. The molecule has 1 N–H and O–H groups in total. The third kappa shape index (κ3) is 2.16. The van der Waals surface area contributed by atoms with Crippen LogP contribution in [-0.4, -0.2) is 19.9 Å². The number of aliphatic hydroxyl groups excluding tert-OH is 1. The predicted octanol–water partition coefficient (Wildman–Crippen LogP) is 2.06. The van der Waals surface area contributed by atoms with Gasteiger partial charge in [0.2, 0.25) is 0 Å². The van der Waals surface area contributed by atoms with Gasteiger partial charge in [-0.15, -0.1) is 10.2 Å². The number of nitrogens with zero attached hydrogens (tertiary/aromatic N) is 3. The van der Waals surface area contributed by atoms with Crippen molar-refractivity contribution in [1.29, 1.82) is 0 Å². The summed E-state index contributed by atoms with van der Waals surface area (Å²) in [5.74, 6) is 2.13. The zero-order valence-electron chi connectivity index (χ0n) is 11.2. The van der Waals surface area contributed by atoms with Gasteiger partial charge in [0, 0.05) is 12.5 Å². The van der Waals surface area contributed by atoms with Gasteiger partial charge in [-0.25, -0.2) is 0 Å². The molecule has 1 unspecified atom stereocenters. The van der Waals surface area contributed by atoms with Crippen LogP contribution in [0.1, 0.15) is 42.0 Å². The second-order valence-corrected chi connectivity index (χ2v) is 5.09. The summed E-state index contributed by atoms with van der Waals surface area (Å²) >= 11 is 0. The molecule has 1 aliphatic rings. The van der Waals surface area contributed by atoms with Crippen molar-refractivity contribution >= 4 is 0 Å². The second kappa shape index (κ2) is 5.13. The molecular formula is C15H19N3O. The van der Waals surface area contributed by atoms with Crippen LogP contribution in [0.4, 0.5) is 0 Å². The Kier molecular flexibility index (Phi) is 3.34. The highest BCUT2D eigenvalue weighted by Crippen LogP contribution is 2.31. The maximum Gasteiger partial charge on any atom is 0.158 e. The zero-order chi connectivity index (χ0) is 13.2. The van der Waals surface area contributed by atoms with Crippen LogP contribution >= 0.6 is 0 Å². The Morgan fingerprint density at radius 2 is 2.05 bits per heavy atom. The number of hydrogen-bond acceptors (Lipinski definition) is 3. The van der Waals surface area contributed by atoms with Gasteiger partial charge in [0.05, 0.1) is 0 Å². The Morgan fingerprint density at radius 1 is 1.26 bits per heavy atom. The maximum atomic E-state index is 9.30. The van der Waals surface area contributed by atoms with Gasteiger partial charge in [0.15, 0.2) is 5.82 Å². The molecule has 4 heteroatoms. The Bertz CT molecular complexity index is 577. The van der Waals surface area contributed by atoms with E-state index in [-0.39, 0.29) is 6.61 Å². The minimum atomic E-state index is -0.0376. The van der Waals surface area contributed by atoms with E-state index in [9.17, 15) is 5.11 Å². The van der Waals surface area contributed by atoms with E-state index < -0.39 is 0 Å². The molecule has 0 bridgehead atoms. The summed E-state index contributed by atoms with van der Waals surface area (Å²) in [7, 11) is 0. The van der Waals surface area contributed by atoms with Crippen molar-refractivity contribution in [1.82, 2.24) is 14.8 Å².